The second-order valence-corrected chi connectivity index (χ2v) is 3.78. The molecule has 1 aromatic rings. The van der Waals surface area contributed by atoms with Crippen LogP contribution in [0.15, 0.2) is 12.1 Å². The van der Waals surface area contributed by atoms with Crippen LogP contribution in [0.5, 0.6) is 5.75 Å². The third kappa shape index (κ3) is 1.90. The number of epoxide rings is 1. The summed E-state index contributed by atoms with van der Waals surface area (Å²) in [5, 5.41) is 0. The molecule has 14 heavy (non-hydrogen) atoms. The summed E-state index contributed by atoms with van der Waals surface area (Å²) in [7, 11) is 0. The summed E-state index contributed by atoms with van der Waals surface area (Å²) in [6.07, 6.45) is 1.01. The minimum Gasteiger partial charge on any atom is -0.462 e. The van der Waals surface area contributed by atoms with Crippen molar-refractivity contribution in [3.8, 4) is 5.75 Å². The van der Waals surface area contributed by atoms with E-state index in [9.17, 15) is 0 Å². The van der Waals surface area contributed by atoms with Crippen LogP contribution in [0.25, 0.3) is 0 Å². The Morgan fingerprint density at radius 1 is 1.36 bits per heavy atom. The van der Waals surface area contributed by atoms with Crippen LogP contribution in [0.3, 0.4) is 0 Å². The number of hydrogen-bond donors (Lipinski definition) is 0. The molecule has 0 spiro atoms. The summed E-state index contributed by atoms with van der Waals surface area (Å²) in [6.45, 7) is 7.11. The van der Waals surface area contributed by atoms with Gasteiger partial charge >= 0.3 is 0 Å². The average Bonchev–Trinajstić information content (AvgIpc) is 2.95. The second-order valence-electron chi connectivity index (χ2n) is 3.78. The molecule has 0 radical (unpaired) electrons. The number of aryl methyl sites for hydroxylation is 3. The fraction of sp³-hybridized carbons (Fsp3) is 0.500. The minimum absolute atomic E-state index is 0.00223. The van der Waals surface area contributed by atoms with Crippen LogP contribution < -0.4 is 4.74 Å². The van der Waals surface area contributed by atoms with Crippen molar-refractivity contribution >= 4 is 0 Å². The molecule has 2 rings (SSSR count). The fourth-order valence-corrected chi connectivity index (χ4v) is 1.48. The molecule has 1 atom stereocenters. The quantitative estimate of drug-likeness (QED) is 0.687. The van der Waals surface area contributed by atoms with Gasteiger partial charge in [-0.05, 0) is 43.0 Å². The largest absolute Gasteiger partial charge is 0.462 e. The molecule has 1 unspecified atom stereocenters. The van der Waals surface area contributed by atoms with E-state index in [2.05, 4.69) is 32.9 Å². The maximum atomic E-state index is 5.66. The summed E-state index contributed by atoms with van der Waals surface area (Å²) >= 11 is 0. The Morgan fingerprint density at radius 2 is 2.00 bits per heavy atom. The van der Waals surface area contributed by atoms with Crippen LogP contribution in [0.2, 0.25) is 0 Å². The molecule has 0 amide bonds. The van der Waals surface area contributed by atoms with Crippen LogP contribution in [0.4, 0.5) is 0 Å². The van der Waals surface area contributed by atoms with Gasteiger partial charge in [0.1, 0.15) is 12.4 Å². The molecule has 0 aliphatic carbocycles. The minimum atomic E-state index is 0.00223. The van der Waals surface area contributed by atoms with E-state index in [1.165, 1.54) is 16.7 Å². The van der Waals surface area contributed by atoms with Crippen molar-refractivity contribution in [2.75, 3.05) is 6.61 Å². The molecule has 1 aromatic carbocycles. The molecule has 2 nitrogen and oxygen atoms in total. The van der Waals surface area contributed by atoms with E-state index in [0.29, 0.717) is 0 Å². The van der Waals surface area contributed by atoms with E-state index in [0.717, 1.165) is 18.8 Å². The smallest absolute Gasteiger partial charge is 0.223 e. The van der Waals surface area contributed by atoms with E-state index >= 15 is 0 Å². The number of benzene rings is 1. The highest BCUT2D eigenvalue weighted by atomic mass is 16.8. The van der Waals surface area contributed by atoms with Crippen molar-refractivity contribution in [2.24, 2.45) is 0 Å². The van der Waals surface area contributed by atoms with E-state index < -0.39 is 0 Å². The first-order chi connectivity index (χ1) is 6.70. The Labute approximate surface area is 84.8 Å². The Kier molecular flexibility index (Phi) is 2.46. The predicted molar refractivity (Wildman–Crippen MR) is 55.7 cm³/mol. The van der Waals surface area contributed by atoms with Gasteiger partial charge in [0.15, 0.2) is 0 Å². The number of hydrogen-bond acceptors (Lipinski definition) is 2. The zero-order valence-corrected chi connectivity index (χ0v) is 8.96. The van der Waals surface area contributed by atoms with E-state index in [1.807, 2.05) is 0 Å². The number of rotatable bonds is 3. The highest BCUT2D eigenvalue weighted by molar-refractivity contribution is 5.41. The zero-order valence-electron chi connectivity index (χ0n) is 8.96. The van der Waals surface area contributed by atoms with Gasteiger partial charge in [-0.1, -0.05) is 13.0 Å². The molecular weight excluding hydrogens is 176 g/mol. The third-order valence-electron chi connectivity index (χ3n) is 2.62. The first-order valence-corrected chi connectivity index (χ1v) is 5.09. The van der Waals surface area contributed by atoms with Gasteiger partial charge < -0.3 is 9.47 Å². The van der Waals surface area contributed by atoms with E-state index in [-0.39, 0.29) is 6.29 Å². The Bertz CT molecular complexity index is 340. The standard InChI is InChI=1S/C12H16O2/c1-4-10-5-8(2)9(3)6-11(10)14-12-7-13-12/h5-6,12H,4,7H2,1-3H3. The van der Waals surface area contributed by atoms with Gasteiger partial charge in [0.2, 0.25) is 6.29 Å². The summed E-state index contributed by atoms with van der Waals surface area (Å²) < 4.78 is 10.7. The van der Waals surface area contributed by atoms with Gasteiger partial charge in [0, 0.05) is 0 Å². The Morgan fingerprint density at radius 3 is 2.57 bits per heavy atom. The van der Waals surface area contributed by atoms with E-state index in [4.69, 9.17) is 9.47 Å². The molecular formula is C12H16O2. The van der Waals surface area contributed by atoms with Crippen molar-refractivity contribution in [2.45, 2.75) is 33.5 Å². The molecule has 0 bridgehead atoms. The molecule has 1 heterocycles. The Balaban J connectivity index is 2.29. The lowest BCUT2D eigenvalue weighted by molar-refractivity contribution is 0.178. The zero-order chi connectivity index (χ0) is 10.1. The van der Waals surface area contributed by atoms with Crippen LogP contribution in [-0.4, -0.2) is 12.9 Å². The van der Waals surface area contributed by atoms with Crippen molar-refractivity contribution in [1.82, 2.24) is 0 Å². The lowest BCUT2D eigenvalue weighted by Gasteiger charge is -2.11. The second kappa shape index (κ2) is 3.62. The highest BCUT2D eigenvalue weighted by Crippen LogP contribution is 2.27. The maximum Gasteiger partial charge on any atom is 0.223 e. The molecule has 0 saturated carbocycles. The first kappa shape index (κ1) is 9.53. The van der Waals surface area contributed by atoms with Crippen LogP contribution >= 0.6 is 0 Å². The topological polar surface area (TPSA) is 21.8 Å². The lowest BCUT2D eigenvalue weighted by Crippen LogP contribution is -2.02. The van der Waals surface area contributed by atoms with Gasteiger partial charge in [-0.25, -0.2) is 0 Å². The predicted octanol–water partition coefficient (Wildman–Crippen LogP) is 2.60. The summed E-state index contributed by atoms with van der Waals surface area (Å²) in [5.74, 6) is 0.984. The monoisotopic (exact) mass is 192 g/mol. The van der Waals surface area contributed by atoms with Gasteiger partial charge in [-0.3, -0.25) is 0 Å². The molecule has 1 aliphatic heterocycles. The summed E-state index contributed by atoms with van der Waals surface area (Å²) in [5.41, 5.74) is 3.87. The van der Waals surface area contributed by atoms with Gasteiger partial charge in [0.25, 0.3) is 0 Å². The van der Waals surface area contributed by atoms with Crippen molar-refractivity contribution < 1.29 is 9.47 Å². The van der Waals surface area contributed by atoms with Crippen LogP contribution in [0.1, 0.15) is 23.6 Å². The normalized spacial score (nSPS) is 19.5. The molecule has 0 N–H and O–H groups in total. The lowest BCUT2D eigenvalue weighted by atomic mass is 10.0. The molecule has 2 heteroatoms. The van der Waals surface area contributed by atoms with Crippen molar-refractivity contribution in [3.63, 3.8) is 0 Å². The maximum absolute atomic E-state index is 5.66. The first-order valence-electron chi connectivity index (χ1n) is 5.09. The van der Waals surface area contributed by atoms with Gasteiger partial charge in [-0.15, -0.1) is 0 Å². The molecule has 1 fully saturated rings. The van der Waals surface area contributed by atoms with Crippen molar-refractivity contribution in [3.05, 3.63) is 28.8 Å². The molecule has 1 saturated heterocycles. The average molecular weight is 192 g/mol. The summed E-state index contributed by atoms with van der Waals surface area (Å²) in [4.78, 5) is 0. The Hall–Kier alpha value is -1.02. The summed E-state index contributed by atoms with van der Waals surface area (Å²) in [6, 6.07) is 4.31. The molecule has 1 aliphatic rings. The van der Waals surface area contributed by atoms with Crippen LogP contribution in [-0.2, 0) is 11.2 Å². The van der Waals surface area contributed by atoms with Gasteiger partial charge in [-0.2, -0.15) is 0 Å². The van der Waals surface area contributed by atoms with E-state index in [1.54, 1.807) is 0 Å². The van der Waals surface area contributed by atoms with Crippen LogP contribution in [0, 0.1) is 13.8 Å². The molecule has 76 valence electrons. The third-order valence-corrected chi connectivity index (χ3v) is 2.62. The fourth-order valence-electron chi connectivity index (χ4n) is 1.48. The molecule has 0 aromatic heterocycles. The SMILES string of the molecule is CCc1cc(C)c(C)cc1OC1CO1. The highest BCUT2D eigenvalue weighted by Gasteiger charge is 2.25. The number of ether oxygens (including phenoxy) is 2. The van der Waals surface area contributed by atoms with Crippen molar-refractivity contribution in [1.29, 1.82) is 0 Å². The van der Waals surface area contributed by atoms with Gasteiger partial charge in [0.05, 0.1) is 0 Å².